The van der Waals surface area contributed by atoms with Crippen LogP contribution < -0.4 is 10.6 Å². The number of rotatable bonds is 7. The lowest BCUT2D eigenvalue weighted by Gasteiger charge is -2.19. The Kier molecular flexibility index (Phi) is 5.91. The minimum atomic E-state index is -0.622. The van der Waals surface area contributed by atoms with Crippen molar-refractivity contribution in [3.8, 4) is 0 Å². The number of nitrogens with one attached hydrogen (secondary N) is 3. The molecule has 0 aliphatic carbocycles. The van der Waals surface area contributed by atoms with Crippen LogP contribution in [0.2, 0.25) is 0 Å². The van der Waals surface area contributed by atoms with Crippen LogP contribution in [0.1, 0.15) is 25.0 Å². The number of para-hydroxylation sites is 1. The summed E-state index contributed by atoms with van der Waals surface area (Å²) in [5.74, 6) is -0.495. The number of hydrogen-bond donors (Lipinski definition) is 3. The third-order valence-electron chi connectivity index (χ3n) is 4.57. The van der Waals surface area contributed by atoms with Crippen LogP contribution in [0, 0.1) is 5.92 Å². The van der Waals surface area contributed by atoms with Crippen LogP contribution in [-0.4, -0.2) is 22.8 Å². The monoisotopic (exact) mass is 363 g/mol. The predicted molar refractivity (Wildman–Crippen MR) is 107 cm³/mol. The van der Waals surface area contributed by atoms with Crippen LogP contribution in [0.3, 0.4) is 0 Å². The van der Waals surface area contributed by atoms with Crippen molar-refractivity contribution in [3.05, 3.63) is 71.9 Å². The third-order valence-corrected chi connectivity index (χ3v) is 4.57. The van der Waals surface area contributed by atoms with Crippen molar-refractivity contribution in [2.45, 2.75) is 32.9 Å². The minimum Gasteiger partial charge on any atom is -0.361 e. The molecule has 5 nitrogen and oxygen atoms in total. The van der Waals surface area contributed by atoms with Gasteiger partial charge in [-0.15, -0.1) is 0 Å². The molecule has 3 aromatic rings. The van der Waals surface area contributed by atoms with Crippen LogP contribution >= 0.6 is 0 Å². The van der Waals surface area contributed by atoms with Crippen LogP contribution in [-0.2, 0) is 22.6 Å². The Morgan fingerprint density at radius 3 is 2.41 bits per heavy atom. The predicted octanol–water partition coefficient (Wildman–Crippen LogP) is 3.17. The number of hydrogen-bond acceptors (Lipinski definition) is 2. The molecular formula is C22H25N3O2. The lowest BCUT2D eigenvalue weighted by atomic mass is 10.0. The van der Waals surface area contributed by atoms with Crippen LogP contribution in [0.15, 0.2) is 60.8 Å². The van der Waals surface area contributed by atoms with Crippen molar-refractivity contribution in [1.82, 2.24) is 15.6 Å². The summed E-state index contributed by atoms with van der Waals surface area (Å²) in [7, 11) is 0. The number of carbonyl (C=O) groups excluding carboxylic acids is 2. The standard InChI is InChI=1S/C22H25N3O2/c1-15(2)21(26)25-20(22(27)24-13-16-8-4-3-5-9-16)12-17-14-23-19-11-7-6-10-18(17)19/h3-11,14-15,20,23H,12-13H2,1-2H3,(H,24,27)(H,25,26)/t20-/m0/s1. The second-order valence-electron chi connectivity index (χ2n) is 6.98. The molecule has 0 aliphatic rings. The summed E-state index contributed by atoms with van der Waals surface area (Å²) in [6.07, 6.45) is 2.34. The van der Waals surface area contributed by atoms with Crippen LogP contribution in [0.25, 0.3) is 10.9 Å². The first-order valence-electron chi connectivity index (χ1n) is 9.21. The Balaban J connectivity index is 1.75. The van der Waals surface area contributed by atoms with E-state index in [9.17, 15) is 9.59 Å². The molecular weight excluding hydrogens is 338 g/mol. The highest BCUT2D eigenvalue weighted by Gasteiger charge is 2.23. The van der Waals surface area contributed by atoms with Gasteiger partial charge < -0.3 is 15.6 Å². The molecule has 0 radical (unpaired) electrons. The van der Waals surface area contributed by atoms with Crippen molar-refractivity contribution < 1.29 is 9.59 Å². The average molecular weight is 363 g/mol. The summed E-state index contributed by atoms with van der Waals surface area (Å²) < 4.78 is 0. The average Bonchev–Trinajstić information content (AvgIpc) is 3.09. The molecule has 0 aliphatic heterocycles. The molecule has 3 rings (SSSR count). The fourth-order valence-electron chi connectivity index (χ4n) is 2.98. The van der Waals surface area contributed by atoms with Crippen molar-refractivity contribution in [3.63, 3.8) is 0 Å². The number of fused-ring (bicyclic) bond motifs is 1. The zero-order valence-corrected chi connectivity index (χ0v) is 15.7. The fraction of sp³-hybridized carbons (Fsp3) is 0.273. The molecule has 1 atom stereocenters. The Hall–Kier alpha value is -3.08. The third kappa shape index (κ3) is 4.76. The molecule has 1 heterocycles. The van der Waals surface area contributed by atoms with Gasteiger partial charge in [0.1, 0.15) is 6.04 Å². The first-order valence-corrected chi connectivity index (χ1v) is 9.21. The van der Waals surface area contributed by atoms with E-state index in [-0.39, 0.29) is 17.7 Å². The molecule has 0 fully saturated rings. The second kappa shape index (κ2) is 8.54. The molecule has 0 spiro atoms. The maximum Gasteiger partial charge on any atom is 0.243 e. The number of H-pyrrole nitrogens is 1. The van der Waals surface area contributed by atoms with Gasteiger partial charge in [-0.3, -0.25) is 9.59 Å². The normalized spacial score (nSPS) is 12.1. The first-order chi connectivity index (χ1) is 13.0. The van der Waals surface area contributed by atoms with E-state index < -0.39 is 6.04 Å². The molecule has 1 aromatic heterocycles. The van der Waals surface area contributed by atoms with Crippen molar-refractivity contribution >= 4 is 22.7 Å². The molecule has 0 saturated heterocycles. The number of amides is 2. The number of aromatic nitrogens is 1. The van der Waals surface area contributed by atoms with E-state index in [0.29, 0.717) is 13.0 Å². The summed E-state index contributed by atoms with van der Waals surface area (Å²) in [5, 5.41) is 6.90. The first kappa shape index (κ1) is 18.7. The van der Waals surface area contributed by atoms with Crippen LogP contribution in [0.4, 0.5) is 0 Å². The van der Waals surface area contributed by atoms with Crippen molar-refractivity contribution in [2.75, 3.05) is 0 Å². The van der Waals surface area contributed by atoms with E-state index in [4.69, 9.17) is 0 Å². The summed E-state index contributed by atoms with van der Waals surface area (Å²) >= 11 is 0. The smallest absolute Gasteiger partial charge is 0.243 e. The minimum absolute atomic E-state index is 0.130. The Morgan fingerprint density at radius 1 is 0.963 bits per heavy atom. The van der Waals surface area contributed by atoms with E-state index >= 15 is 0 Å². The van der Waals surface area contributed by atoms with Gasteiger partial charge in [-0.25, -0.2) is 0 Å². The van der Waals surface area contributed by atoms with Gasteiger partial charge in [0.2, 0.25) is 11.8 Å². The van der Waals surface area contributed by atoms with Crippen molar-refractivity contribution in [1.29, 1.82) is 0 Å². The van der Waals surface area contributed by atoms with Gasteiger partial charge in [0.15, 0.2) is 0 Å². The van der Waals surface area contributed by atoms with Gasteiger partial charge in [0, 0.05) is 36.0 Å². The van der Waals surface area contributed by atoms with Gasteiger partial charge >= 0.3 is 0 Å². The number of aromatic amines is 1. The maximum atomic E-state index is 12.8. The van der Waals surface area contributed by atoms with Gasteiger partial charge in [-0.2, -0.15) is 0 Å². The molecule has 2 aromatic carbocycles. The Morgan fingerprint density at radius 2 is 1.67 bits per heavy atom. The molecule has 27 heavy (non-hydrogen) atoms. The molecule has 140 valence electrons. The zero-order valence-electron chi connectivity index (χ0n) is 15.7. The van der Waals surface area contributed by atoms with E-state index in [1.54, 1.807) is 0 Å². The molecule has 5 heteroatoms. The van der Waals surface area contributed by atoms with Gasteiger partial charge in [0.05, 0.1) is 0 Å². The van der Waals surface area contributed by atoms with Gasteiger partial charge in [0.25, 0.3) is 0 Å². The number of carbonyl (C=O) groups is 2. The quantitative estimate of drug-likeness (QED) is 0.603. The SMILES string of the molecule is CC(C)C(=O)N[C@@H](Cc1c[nH]c2ccccc12)C(=O)NCc1ccccc1. The molecule has 0 saturated carbocycles. The second-order valence-corrected chi connectivity index (χ2v) is 6.98. The molecule has 2 amide bonds. The zero-order chi connectivity index (χ0) is 19.2. The molecule has 0 bridgehead atoms. The maximum absolute atomic E-state index is 12.8. The van der Waals surface area contributed by atoms with Crippen LogP contribution in [0.5, 0.6) is 0 Å². The number of benzene rings is 2. The van der Waals surface area contributed by atoms with E-state index in [1.165, 1.54) is 0 Å². The Labute approximate surface area is 159 Å². The van der Waals surface area contributed by atoms with E-state index in [1.807, 2.05) is 74.6 Å². The largest absolute Gasteiger partial charge is 0.361 e. The summed E-state index contributed by atoms with van der Waals surface area (Å²) in [5.41, 5.74) is 3.05. The highest BCUT2D eigenvalue weighted by Crippen LogP contribution is 2.19. The lowest BCUT2D eigenvalue weighted by molar-refractivity contribution is -0.130. The summed E-state index contributed by atoms with van der Waals surface area (Å²) in [6.45, 7) is 4.07. The van der Waals surface area contributed by atoms with Crippen molar-refractivity contribution in [2.24, 2.45) is 5.92 Å². The summed E-state index contributed by atoms with van der Waals surface area (Å²) in [6, 6.07) is 17.1. The molecule has 0 unspecified atom stereocenters. The lowest BCUT2D eigenvalue weighted by Crippen LogP contribution is -2.48. The van der Waals surface area contributed by atoms with Gasteiger partial charge in [-0.05, 0) is 17.2 Å². The van der Waals surface area contributed by atoms with E-state index in [0.717, 1.165) is 22.0 Å². The highest BCUT2D eigenvalue weighted by atomic mass is 16.2. The topological polar surface area (TPSA) is 74.0 Å². The molecule has 3 N–H and O–H groups in total. The Bertz CT molecular complexity index is 915. The fourth-order valence-corrected chi connectivity index (χ4v) is 2.98. The van der Waals surface area contributed by atoms with Gasteiger partial charge in [-0.1, -0.05) is 62.4 Å². The summed E-state index contributed by atoms with van der Waals surface area (Å²) in [4.78, 5) is 28.2. The highest BCUT2D eigenvalue weighted by molar-refractivity contribution is 5.90. The van der Waals surface area contributed by atoms with E-state index in [2.05, 4.69) is 15.6 Å².